The number of alkyl halides is 6. The highest BCUT2D eigenvalue weighted by Gasteiger charge is 2.38. The third kappa shape index (κ3) is 7.90. The molecule has 1 aliphatic heterocycles. The van der Waals surface area contributed by atoms with Crippen LogP contribution in [-0.2, 0) is 11.3 Å². The predicted molar refractivity (Wildman–Crippen MR) is 120 cm³/mol. The molecule has 5 rings (SSSR count). The molecule has 1 saturated carbocycles. The molecule has 12 nitrogen and oxygen atoms in total. The first-order chi connectivity index (χ1) is 18.8. The molecular formula is C22H21F6N7O5. The van der Waals surface area contributed by atoms with Crippen molar-refractivity contribution in [2.24, 2.45) is 0 Å². The van der Waals surface area contributed by atoms with E-state index < -0.39 is 24.4 Å². The zero-order chi connectivity index (χ0) is 29.1. The third-order valence-electron chi connectivity index (χ3n) is 5.82. The van der Waals surface area contributed by atoms with E-state index in [0.29, 0.717) is 25.1 Å². The van der Waals surface area contributed by atoms with Crippen molar-refractivity contribution >= 4 is 11.9 Å². The van der Waals surface area contributed by atoms with Crippen LogP contribution in [0, 0.1) is 0 Å². The molecule has 0 unspecified atom stereocenters. The first kappa shape index (κ1) is 28.8. The Labute approximate surface area is 220 Å². The summed E-state index contributed by atoms with van der Waals surface area (Å²) in [6.45, 7) is 1.24. The molecule has 18 heteroatoms. The van der Waals surface area contributed by atoms with Gasteiger partial charge in [0.15, 0.2) is 0 Å². The Morgan fingerprint density at radius 1 is 1.12 bits per heavy atom. The van der Waals surface area contributed by atoms with Crippen LogP contribution in [0.1, 0.15) is 41.4 Å². The minimum absolute atomic E-state index is 0.0234. The maximum atomic E-state index is 12.6. The van der Waals surface area contributed by atoms with Crippen molar-refractivity contribution in [3.63, 3.8) is 0 Å². The second-order valence-electron chi connectivity index (χ2n) is 8.96. The van der Waals surface area contributed by atoms with Crippen LogP contribution < -0.4 is 15.4 Å². The minimum atomic E-state index is -5.08. The van der Waals surface area contributed by atoms with Gasteiger partial charge in [0.05, 0.1) is 0 Å². The Hall–Kier alpha value is -4.22. The van der Waals surface area contributed by atoms with Gasteiger partial charge >= 0.3 is 30.3 Å². The van der Waals surface area contributed by atoms with E-state index in [1.807, 2.05) is 4.57 Å². The number of amides is 1. The summed E-state index contributed by atoms with van der Waals surface area (Å²) in [5.41, 5.74) is 1.12. The van der Waals surface area contributed by atoms with E-state index >= 15 is 0 Å². The van der Waals surface area contributed by atoms with Crippen LogP contribution in [-0.4, -0.2) is 73.1 Å². The molecule has 2 aliphatic rings. The fourth-order valence-electron chi connectivity index (χ4n) is 3.98. The van der Waals surface area contributed by atoms with Gasteiger partial charge in [-0.1, -0.05) is 6.07 Å². The molecule has 0 bridgehead atoms. The second kappa shape index (κ2) is 11.5. The van der Waals surface area contributed by atoms with Gasteiger partial charge < -0.3 is 29.5 Å². The number of carbonyl (C=O) groups excluding carboxylic acids is 1. The van der Waals surface area contributed by atoms with Crippen LogP contribution in [0.4, 0.5) is 26.3 Å². The Kier molecular flexibility index (Phi) is 8.26. The quantitative estimate of drug-likeness (QED) is 0.357. The molecule has 2 aromatic heterocycles. The van der Waals surface area contributed by atoms with E-state index in [4.69, 9.17) is 14.3 Å². The maximum absolute atomic E-state index is 12.6. The number of benzene rings is 1. The Morgan fingerprint density at radius 2 is 1.80 bits per heavy atom. The number of hydrogen-bond acceptors (Lipinski definition) is 9. The molecular weight excluding hydrogens is 556 g/mol. The number of nitrogens with one attached hydrogen (secondary N) is 2. The van der Waals surface area contributed by atoms with E-state index in [-0.39, 0.29) is 35.5 Å². The molecule has 3 N–H and O–H groups in total. The molecule has 1 saturated heterocycles. The van der Waals surface area contributed by atoms with Crippen LogP contribution in [0.5, 0.6) is 5.75 Å². The average molecular weight is 577 g/mol. The van der Waals surface area contributed by atoms with Gasteiger partial charge in [0.25, 0.3) is 0 Å². The standard InChI is InChI=1S/C20H20F3N7O3.C2HF3O2/c21-20(22,23)33-14-3-4-15(11-1-2-11)16(6-14)18-28-29-19(32-18)17(31)27-12-5-13(24-7-12)8-30-9-25-26-10-30;3-2(4,5)1(6)7/h3-4,6,9-13,24H,1-2,5,7-8H2,(H,27,31);(H,6,7)/t12-,13+;/m1./s1. The van der Waals surface area contributed by atoms with E-state index in [2.05, 4.69) is 35.8 Å². The smallest absolute Gasteiger partial charge is 0.475 e. The van der Waals surface area contributed by atoms with Crippen LogP contribution >= 0.6 is 0 Å². The molecule has 40 heavy (non-hydrogen) atoms. The van der Waals surface area contributed by atoms with Crippen LogP contribution in [0.15, 0.2) is 35.3 Å². The van der Waals surface area contributed by atoms with Crippen molar-refractivity contribution in [2.45, 2.75) is 56.3 Å². The van der Waals surface area contributed by atoms with E-state index in [1.54, 1.807) is 18.7 Å². The molecule has 2 fully saturated rings. The molecule has 2 atom stereocenters. The number of hydrogen-bond donors (Lipinski definition) is 3. The van der Waals surface area contributed by atoms with Crippen LogP contribution in [0.2, 0.25) is 0 Å². The zero-order valence-corrected chi connectivity index (χ0v) is 20.2. The van der Waals surface area contributed by atoms with Crippen molar-refractivity contribution in [3.05, 3.63) is 42.3 Å². The van der Waals surface area contributed by atoms with Crippen molar-refractivity contribution in [2.75, 3.05) is 6.54 Å². The van der Waals surface area contributed by atoms with E-state index in [1.165, 1.54) is 12.1 Å². The number of rotatable bonds is 7. The molecule has 0 spiro atoms. The number of carboxylic acid groups (broad SMARTS) is 1. The lowest BCUT2D eigenvalue weighted by Gasteiger charge is -2.12. The van der Waals surface area contributed by atoms with Gasteiger partial charge in [-0.3, -0.25) is 4.79 Å². The van der Waals surface area contributed by atoms with Crippen molar-refractivity contribution in [3.8, 4) is 17.2 Å². The van der Waals surface area contributed by atoms with Crippen molar-refractivity contribution < 1.29 is 50.2 Å². The molecule has 3 aromatic rings. The third-order valence-corrected chi connectivity index (χ3v) is 5.82. The highest BCUT2D eigenvalue weighted by molar-refractivity contribution is 5.90. The number of carboxylic acids is 1. The average Bonchev–Trinajstić information content (AvgIpc) is 3.23. The summed E-state index contributed by atoms with van der Waals surface area (Å²) < 4.78 is 81.1. The number of nitrogens with zero attached hydrogens (tertiary/aromatic N) is 5. The number of aliphatic carboxylic acids is 1. The molecule has 3 heterocycles. The molecule has 0 radical (unpaired) electrons. The molecule has 216 valence electrons. The number of halogens is 6. The summed E-state index contributed by atoms with van der Waals surface area (Å²) in [6, 6.07) is 4.05. The van der Waals surface area contributed by atoms with Gasteiger partial charge in [0, 0.05) is 30.7 Å². The number of carbonyl (C=O) groups is 2. The zero-order valence-electron chi connectivity index (χ0n) is 20.2. The Balaban J connectivity index is 0.000000470. The fraction of sp³-hybridized carbons (Fsp3) is 0.455. The minimum Gasteiger partial charge on any atom is -0.475 e. The predicted octanol–water partition coefficient (Wildman–Crippen LogP) is 2.90. The van der Waals surface area contributed by atoms with Gasteiger partial charge in [-0.05, 0) is 42.9 Å². The summed E-state index contributed by atoms with van der Waals surface area (Å²) >= 11 is 0. The lowest BCUT2D eigenvalue weighted by atomic mass is 10.0. The topological polar surface area (TPSA) is 157 Å². The van der Waals surface area contributed by atoms with Crippen molar-refractivity contribution in [1.82, 2.24) is 35.6 Å². The summed E-state index contributed by atoms with van der Waals surface area (Å²) in [6.07, 6.45) is -4.14. The summed E-state index contributed by atoms with van der Waals surface area (Å²) in [4.78, 5) is 21.5. The Morgan fingerprint density at radius 3 is 2.40 bits per heavy atom. The maximum Gasteiger partial charge on any atom is 0.573 e. The van der Waals surface area contributed by atoms with Gasteiger partial charge in [0.2, 0.25) is 5.89 Å². The fourth-order valence-corrected chi connectivity index (χ4v) is 3.98. The SMILES string of the molecule is O=C(N[C@H]1CN[C@H](Cn2cnnc2)C1)c1nnc(-c2cc(OC(F)(F)F)ccc2C2CC2)o1.O=C(O)C(F)(F)F. The van der Waals surface area contributed by atoms with Gasteiger partial charge in [-0.2, -0.15) is 13.2 Å². The van der Waals surface area contributed by atoms with Gasteiger partial charge in [-0.15, -0.1) is 33.6 Å². The second-order valence-corrected chi connectivity index (χ2v) is 8.96. The lowest BCUT2D eigenvalue weighted by molar-refractivity contribution is -0.274. The molecule has 1 aliphatic carbocycles. The van der Waals surface area contributed by atoms with Crippen molar-refractivity contribution in [1.29, 1.82) is 0 Å². The highest BCUT2D eigenvalue weighted by Crippen LogP contribution is 2.45. The van der Waals surface area contributed by atoms with Gasteiger partial charge in [0.1, 0.15) is 18.4 Å². The lowest BCUT2D eigenvalue weighted by Crippen LogP contribution is -2.36. The summed E-state index contributed by atoms with van der Waals surface area (Å²) in [5, 5.41) is 28.5. The van der Waals surface area contributed by atoms with Crippen LogP contribution in [0.3, 0.4) is 0 Å². The number of ether oxygens (including phenoxy) is 1. The number of aromatic nitrogens is 5. The first-order valence-corrected chi connectivity index (χ1v) is 11.7. The van der Waals surface area contributed by atoms with E-state index in [9.17, 15) is 31.1 Å². The Bertz CT molecular complexity index is 1320. The molecule has 1 aromatic carbocycles. The molecule has 1 amide bonds. The summed E-state index contributed by atoms with van der Waals surface area (Å²) in [7, 11) is 0. The van der Waals surface area contributed by atoms with Gasteiger partial charge in [-0.25, -0.2) is 4.79 Å². The normalized spacial score (nSPS) is 19.1. The first-order valence-electron chi connectivity index (χ1n) is 11.7. The van der Waals surface area contributed by atoms with Crippen LogP contribution in [0.25, 0.3) is 11.5 Å². The van der Waals surface area contributed by atoms with E-state index in [0.717, 1.165) is 18.4 Å². The summed E-state index contributed by atoms with van der Waals surface area (Å²) in [5.74, 6) is -3.76. The highest BCUT2D eigenvalue weighted by atomic mass is 19.4. The largest absolute Gasteiger partial charge is 0.573 e. The monoisotopic (exact) mass is 577 g/mol.